The summed E-state index contributed by atoms with van der Waals surface area (Å²) in [5.41, 5.74) is 1.49. The smallest absolute Gasteiger partial charge is 0.233 e. The van der Waals surface area contributed by atoms with Gasteiger partial charge in [-0.25, -0.2) is 0 Å². The normalized spacial score (nSPS) is 16.0. The van der Waals surface area contributed by atoms with Gasteiger partial charge in [0.15, 0.2) is 4.34 Å². The zero-order chi connectivity index (χ0) is 15.8. The molecule has 0 aromatic carbocycles. The van der Waals surface area contributed by atoms with Crippen LogP contribution >= 0.6 is 23.1 Å². The summed E-state index contributed by atoms with van der Waals surface area (Å²) in [7, 11) is 0. The second kappa shape index (κ2) is 9.15. The van der Waals surface area contributed by atoms with Gasteiger partial charge in [-0.3, -0.25) is 4.79 Å². The van der Waals surface area contributed by atoms with E-state index in [9.17, 15) is 4.79 Å². The molecule has 1 aromatic rings. The predicted octanol–water partition coefficient (Wildman–Crippen LogP) is 3.46. The first-order valence-electron chi connectivity index (χ1n) is 7.88. The maximum absolute atomic E-state index is 12.1. The number of aromatic nitrogens is 2. The van der Waals surface area contributed by atoms with Gasteiger partial charge in [0.1, 0.15) is 0 Å². The summed E-state index contributed by atoms with van der Waals surface area (Å²) in [5.74, 6) is 0.0709. The number of nitrogens with zero attached hydrogens (tertiary/aromatic N) is 2. The minimum atomic E-state index is -0.150. The van der Waals surface area contributed by atoms with E-state index in [1.54, 1.807) is 0 Å². The number of hydrogen-bond donors (Lipinski definition) is 2. The molecule has 0 aliphatic heterocycles. The van der Waals surface area contributed by atoms with Gasteiger partial charge in [0, 0.05) is 13.1 Å². The standard InChI is InChI=1S/C15H24N4OS2/c1-3-16-14-18-19-15(22-14)21-11(2)13(20)17-10-9-12-7-5-4-6-8-12/h7,11H,3-6,8-10H2,1-2H3,(H,16,18)(H,17,20). The Hall–Kier alpha value is -1.08. The largest absolute Gasteiger partial charge is 0.360 e. The topological polar surface area (TPSA) is 66.9 Å². The number of hydrogen-bond acceptors (Lipinski definition) is 6. The average Bonchev–Trinajstić information content (AvgIpc) is 2.96. The Morgan fingerprint density at radius 2 is 2.32 bits per heavy atom. The van der Waals surface area contributed by atoms with E-state index in [4.69, 9.17) is 0 Å². The third kappa shape index (κ3) is 5.61. The molecule has 2 N–H and O–H groups in total. The summed E-state index contributed by atoms with van der Waals surface area (Å²) >= 11 is 2.95. The van der Waals surface area contributed by atoms with Gasteiger partial charge in [0.2, 0.25) is 11.0 Å². The molecule has 0 spiro atoms. The van der Waals surface area contributed by atoms with Gasteiger partial charge in [-0.2, -0.15) is 0 Å². The summed E-state index contributed by atoms with van der Waals surface area (Å²) in [6, 6.07) is 0. The molecule has 0 radical (unpaired) electrons. The van der Waals surface area contributed by atoms with Gasteiger partial charge in [-0.05, 0) is 46.0 Å². The lowest BCUT2D eigenvalue weighted by Gasteiger charge is -2.14. The van der Waals surface area contributed by atoms with E-state index in [1.165, 1.54) is 54.4 Å². The first-order valence-corrected chi connectivity index (χ1v) is 9.58. The number of thioether (sulfide) groups is 1. The highest BCUT2D eigenvalue weighted by atomic mass is 32.2. The van der Waals surface area contributed by atoms with E-state index in [1.807, 2.05) is 13.8 Å². The summed E-state index contributed by atoms with van der Waals surface area (Å²) < 4.78 is 0.827. The molecule has 7 heteroatoms. The summed E-state index contributed by atoms with van der Waals surface area (Å²) in [4.78, 5) is 12.1. The molecule has 1 aromatic heterocycles. The Kier molecular flexibility index (Phi) is 7.18. The van der Waals surface area contributed by atoms with Crippen molar-refractivity contribution in [3.63, 3.8) is 0 Å². The lowest BCUT2D eigenvalue weighted by atomic mass is 9.97. The van der Waals surface area contributed by atoms with Gasteiger partial charge in [0.05, 0.1) is 5.25 Å². The minimum absolute atomic E-state index is 0.0709. The van der Waals surface area contributed by atoms with E-state index in [0.717, 1.165) is 29.0 Å². The molecule has 1 aliphatic rings. The SMILES string of the molecule is CCNc1nnc(SC(C)C(=O)NCCC2=CCCCC2)s1. The predicted molar refractivity (Wildman–Crippen MR) is 93.6 cm³/mol. The molecule has 1 amide bonds. The fraction of sp³-hybridized carbons (Fsp3) is 0.667. The van der Waals surface area contributed by atoms with Crippen LogP contribution < -0.4 is 10.6 Å². The highest BCUT2D eigenvalue weighted by Gasteiger charge is 2.17. The molecule has 0 saturated heterocycles. The molecule has 1 atom stereocenters. The van der Waals surface area contributed by atoms with E-state index in [0.29, 0.717) is 0 Å². The van der Waals surface area contributed by atoms with Crippen molar-refractivity contribution in [3.05, 3.63) is 11.6 Å². The van der Waals surface area contributed by atoms with Gasteiger partial charge in [-0.15, -0.1) is 10.2 Å². The van der Waals surface area contributed by atoms with Gasteiger partial charge in [-0.1, -0.05) is 34.7 Å². The van der Waals surface area contributed by atoms with E-state index >= 15 is 0 Å². The van der Waals surface area contributed by atoms with Crippen LogP contribution in [0.5, 0.6) is 0 Å². The van der Waals surface area contributed by atoms with E-state index in [-0.39, 0.29) is 11.2 Å². The van der Waals surface area contributed by atoms with Crippen LogP contribution in [0, 0.1) is 0 Å². The first-order chi connectivity index (χ1) is 10.7. The lowest BCUT2D eigenvalue weighted by Crippen LogP contribution is -2.31. The number of carbonyl (C=O) groups excluding carboxylic acids is 1. The third-order valence-corrected chi connectivity index (χ3v) is 5.58. The molecule has 0 saturated carbocycles. The van der Waals surface area contributed by atoms with Crippen LogP contribution in [0.25, 0.3) is 0 Å². The lowest BCUT2D eigenvalue weighted by molar-refractivity contribution is -0.120. The Balaban J connectivity index is 1.70. The van der Waals surface area contributed by atoms with Crippen LogP contribution in [0.3, 0.4) is 0 Å². The number of allylic oxidation sites excluding steroid dienone is 1. The fourth-order valence-corrected chi connectivity index (χ4v) is 4.29. The second-order valence-electron chi connectivity index (χ2n) is 5.31. The first kappa shape index (κ1) is 17.3. The Bertz CT molecular complexity index is 515. The molecule has 0 fully saturated rings. The molecule has 122 valence electrons. The van der Waals surface area contributed by atoms with Crippen molar-refractivity contribution in [1.82, 2.24) is 15.5 Å². The third-order valence-electron chi connectivity index (χ3n) is 3.51. The van der Waals surface area contributed by atoms with E-state index < -0.39 is 0 Å². The number of rotatable bonds is 8. The summed E-state index contributed by atoms with van der Waals surface area (Å²) in [6.07, 6.45) is 8.29. The van der Waals surface area contributed by atoms with Crippen LogP contribution in [0.1, 0.15) is 46.0 Å². The zero-order valence-corrected chi connectivity index (χ0v) is 14.9. The number of nitrogens with one attached hydrogen (secondary N) is 2. The fourth-order valence-electron chi connectivity index (χ4n) is 2.31. The molecule has 0 bridgehead atoms. The Morgan fingerprint density at radius 3 is 3.05 bits per heavy atom. The van der Waals surface area contributed by atoms with Crippen molar-refractivity contribution < 1.29 is 4.79 Å². The molecule has 1 heterocycles. The maximum Gasteiger partial charge on any atom is 0.233 e. The van der Waals surface area contributed by atoms with Crippen LogP contribution in [0.15, 0.2) is 16.0 Å². The molecular formula is C15H24N4OS2. The highest BCUT2D eigenvalue weighted by Crippen LogP contribution is 2.28. The number of anilines is 1. The van der Waals surface area contributed by atoms with Gasteiger partial charge < -0.3 is 10.6 Å². The summed E-state index contributed by atoms with van der Waals surface area (Å²) in [5, 5.41) is 14.9. The highest BCUT2D eigenvalue weighted by molar-refractivity contribution is 8.02. The van der Waals surface area contributed by atoms with Crippen LogP contribution in [0.2, 0.25) is 0 Å². The molecular weight excluding hydrogens is 316 g/mol. The van der Waals surface area contributed by atoms with Crippen molar-refractivity contribution in [2.45, 2.75) is 55.5 Å². The minimum Gasteiger partial charge on any atom is -0.360 e. The Morgan fingerprint density at radius 1 is 1.45 bits per heavy atom. The van der Waals surface area contributed by atoms with Crippen molar-refractivity contribution >= 4 is 34.1 Å². The van der Waals surface area contributed by atoms with Gasteiger partial charge in [0.25, 0.3) is 0 Å². The van der Waals surface area contributed by atoms with Crippen LogP contribution in [0.4, 0.5) is 5.13 Å². The Labute approximate surface area is 140 Å². The number of carbonyl (C=O) groups is 1. The van der Waals surface area contributed by atoms with Crippen LogP contribution in [-0.4, -0.2) is 34.4 Å². The van der Waals surface area contributed by atoms with E-state index in [2.05, 4.69) is 26.9 Å². The van der Waals surface area contributed by atoms with Crippen LogP contribution in [-0.2, 0) is 4.79 Å². The number of amides is 1. The monoisotopic (exact) mass is 340 g/mol. The zero-order valence-electron chi connectivity index (χ0n) is 13.2. The van der Waals surface area contributed by atoms with Crippen molar-refractivity contribution in [1.29, 1.82) is 0 Å². The van der Waals surface area contributed by atoms with Crippen molar-refractivity contribution in [2.75, 3.05) is 18.4 Å². The summed E-state index contributed by atoms with van der Waals surface area (Å²) in [6.45, 7) is 5.49. The van der Waals surface area contributed by atoms with Crippen molar-refractivity contribution in [2.24, 2.45) is 0 Å². The second-order valence-corrected chi connectivity index (χ2v) is 7.88. The molecule has 2 rings (SSSR count). The van der Waals surface area contributed by atoms with Gasteiger partial charge >= 0.3 is 0 Å². The molecule has 22 heavy (non-hydrogen) atoms. The molecule has 1 unspecified atom stereocenters. The molecule has 1 aliphatic carbocycles. The maximum atomic E-state index is 12.1. The average molecular weight is 341 g/mol. The molecule has 5 nitrogen and oxygen atoms in total. The quantitative estimate of drug-likeness (QED) is 0.560. The van der Waals surface area contributed by atoms with Crippen molar-refractivity contribution in [3.8, 4) is 0 Å².